The maximum absolute atomic E-state index is 12.8. The summed E-state index contributed by atoms with van der Waals surface area (Å²) in [6.45, 7) is 8.71. The third kappa shape index (κ3) is 7.51. The molecule has 1 aromatic rings. The standard InChI is InChI=1S/C19H25N3O5S/c1-7-20-17(28-6)16(23)15(21-18(24)27-19(2,3)4)12-13-8-10-14(11-9-13)22(25)26-5/h7-11,15H,1,12H2,2-6H3/p+1/t15-/m0/s1. The van der Waals surface area contributed by atoms with Gasteiger partial charge in [0.25, 0.3) is 4.92 Å². The zero-order valence-corrected chi connectivity index (χ0v) is 17.5. The molecule has 1 rings (SSSR count). The number of alkyl carbamates (subject to hydrolysis) is 1. The van der Waals surface area contributed by atoms with E-state index in [9.17, 15) is 14.5 Å². The molecule has 0 heterocycles. The summed E-state index contributed by atoms with van der Waals surface area (Å²) >= 11 is 1.16. The van der Waals surface area contributed by atoms with Crippen LogP contribution in [0.2, 0.25) is 0 Å². The van der Waals surface area contributed by atoms with Gasteiger partial charge >= 0.3 is 11.8 Å². The van der Waals surface area contributed by atoms with Crippen LogP contribution in [0.3, 0.4) is 0 Å². The van der Waals surface area contributed by atoms with Crippen molar-refractivity contribution in [3.63, 3.8) is 0 Å². The van der Waals surface area contributed by atoms with E-state index in [1.165, 1.54) is 13.3 Å². The molecule has 0 saturated heterocycles. The highest BCUT2D eigenvalue weighted by Gasteiger charge is 2.28. The number of ketones is 1. The molecule has 8 nitrogen and oxygen atoms in total. The Hall–Kier alpha value is -2.68. The van der Waals surface area contributed by atoms with Crippen molar-refractivity contribution in [2.24, 2.45) is 4.99 Å². The Bertz CT molecular complexity index is 754. The molecule has 0 bridgehead atoms. The largest absolute Gasteiger partial charge is 0.444 e. The van der Waals surface area contributed by atoms with Crippen LogP contribution in [0.15, 0.2) is 42.0 Å². The fraction of sp³-hybridized carbons (Fsp3) is 0.421. The van der Waals surface area contributed by atoms with Crippen LogP contribution in [0, 0.1) is 4.91 Å². The van der Waals surface area contributed by atoms with Crippen molar-refractivity contribution >= 4 is 34.4 Å². The number of hydrogen-bond acceptors (Lipinski definition) is 7. The van der Waals surface area contributed by atoms with Gasteiger partial charge in [0.2, 0.25) is 5.78 Å². The number of ether oxygens (including phenoxy) is 1. The predicted octanol–water partition coefficient (Wildman–Crippen LogP) is 3.57. The monoisotopic (exact) mass is 408 g/mol. The lowest BCUT2D eigenvalue weighted by Gasteiger charge is -2.23. The van der Waals surface area contributed by atoms with Gasteiger partial charge in [-0.25, -0.2) is 14.6 Å². The van der Waals surface area contributed by atoms with E-state index in [1.54, 1.807) is 51.3 Å². The number of carbonyl (C=O) groups is 2. The average molecular weight is 409 g/mol. The summed E-state index contributed by atoms with van der Waals surface area (Å²) < 4.78 is 5.26. The minimum absolute atomic E-state index is 0.195. The Labute approximate surface area is 168 Å². The summed E-state index contributed by atoms with van der Waals surface area (Å²) in [7, 11) is 1.27. The molecule has 1 aromatic carbocycles. The molecule has 0 aliphatic carbocycles. The van der Waals surface area contributed by atoms with E-state index in [-0.39, 0.29) is 17.2 Å². The first-order valence-electron chi connectivity index (χ1n) is 8.48. The topological polar surface area (TPSA) is 97.1 Å². The molecule has 1 N–H and O–H groups in total. The van der Waals surface area contributed by atoms with Gasteiger partial charge in [-0.15, -0.1) is 11.8 Å². The normalized spacial score (nSPS) is 12.7. The summed E-state index contributed by atoms with van der Waals surface area (Å²) in [5.41, 5.74) is 0.350. The molecule has 28 heavy (non-hydrogen) atoms. The second-order valence-electron chi connectivity index (χ2n) is 6.69. The average Bonchev–Trinajstić information content (AvgIpc) is 2.63. The molecule has 0 spiro atoms. The van der Waals surface area contributed by atoms with Crippen molar-refractivity contribution in [1.82, 2.24) is 5.32 Å². The molecular weight excluding hydrogens is 382 g/mol. The summed E-state index contributed by atoms with van der Waals surface area (Å²) in [4.78, 5) is 45.4. The maximum Gasteiger partial charge on any atom is 0.408 e. The van der Waals surface area contributed by atoms with Gasteiger partial charge in [0.15, 0.2) is 7.11 Å². The predicted molar refractivity (Wildman–Crippen MR) is 110 cm³/mol. The molecule has 0 fully saturated rings. The first kappa shape index (κ1) is 23.4. The van der Waals surface area contributed by atoms with Crippen LogP contribution in [0.5, 0.6) is 0 Å². The summed E-state index contributed by atoms with van der Waals surface area (Å²) in [6, 6.07) is 5.60. The van der Waals surface area contributed by atoms with Gasteiger partial charge in [-0.3, -0.25) is 4.79 Å². The highest BCUT2D eigenvalue weighted by molar-refractivity contribution is 8.15. The fourth-order valence-electron chi connectivity index (χ4n) is 2.20. The van der Waals surface area contributed by atoms with E-state index in [1.807, 2.05) is 0 Å². The highest BCUT2D eigenvalue weighted by Crippen LogP contribution is 2.16. The van der Waals surface area contributed by atoms with Gasteiger partial charge < -0.3 is 10.1 Å². The van der Waals surface area contributed by atoms with E-state index >= 15 is 0 Å². The van der Waals surface area contributed by atoms with E-state index in [2.05, 4.69) is 21.7 Å². The third-order valence-corrected chi connectivity index (χ3v) is 4.07. The summed E-state index contributed by atoms with van der Waals surface area (Å²) in [5, 5.41) is 2.83. The molecule has 152 valence electrons. The Morgan fingerprint density at radius 2 is 1.93 bits per heavy atom. The number of Topliss-reactive ketones (excluding diaryl/α,β-unsaturated/α-hetero) is 1. The minimum atomic E-state index is -0.891. The van der Waals surface area contributed by atoms with Gasteiger partial charge in [0.1, 0.15) is 16.7 Å². The maximum atomic E-state index is 12.8. The molecule has 0 aliphatic heterocycles. The van der Waals surface area contributed by atoms with Gasteiger partial charge in [-0.1, -0.05) is 18.7 Å². The molecule has 9 heteroatoms. The second-order valence-corrected chi connectivity index (χ2v) is 7.49. The van der Waals surface area contributed by atoms with Crippen molar-refractivity contribution in [3.8, 4) is 0 Å². The van der Waals surface area contributed by atoms with E-state index in [0.717, 1.165) is 17.3 Å². The molecule has 0 aromatic heterocycles. The molecule has 0 unspecified atom stereocenters. The van der Waals surface area contributed by atoms with E-state index in [0.29, 0.717) is 10.6 Å². The van der Waals surface area contributed by atoms with Crippen LogP contribution in [0.4, 0.5) is 10.5 Å². The number of aliphatic imine (C=N–C) groups is 1. The minimum Gasteiger partial charge on any atom is -0.444 e. The number of benzene rings is 1. The van der Waals surface area contributed by atoms with Crippen molar-refractivity contribution in [1.29, 1.82) is 0 Å². The first-order valence-corrected chi connectivity index (χ1v) is 9.70. The number of nitrogens with one attached hydrogen (secondary N) is 1. The van der Waals surface area contributed by atoms with Gasteiger partial charge in [0, 0.05) is 24.8 Å². The zero-order chi connectivity index (χ0) is 21.3. The van der Waals surface area contributed by atoms with Crippen molar-refractivity contribution in [2.75, 3.05) is 13.4 Å². The number of amides is 1. The molecule has 1 amide bonds. The number of hydrogen-bond donors (Lipinski definition) is 1. The van der Waals surface area contributed by atoms with Crippen LogP contribution < -0.4 is 5.32 Å². The third-order valence-electron chi connectivity index (χ3n) is 3.37. The van der Waals surface area contributed by atoms with Crippen molar-refractivity contribution in [2.45, 2.75) is 38.8 Å². The number of thioether (sulfide) groups is 1. The Morgan fingerprint density at radius 3 is 2.39 bits per heavy atom. The Kier molecular flexibility index (Phi) is 8.84. The van der Waals surface area contributed by atoms with Gasteiger partial charge in [0.05, 0.1) is 4.91 Å². The smallest absolute Gasteiger partial charge is 0.408 e. The Morgan fingerprint density at radius 1 is 1.32 bits per heavy atom. The van der Waals surface area contributed by atoms with Gasteiger partial charge in [-0.05, 0) is 32.6 Å². The summed E-state index contributed by atoms with van der Waals surface area (Å²) in [6.07, 6.45) is 2.48. The van der Waals surface area contributed by atoms with Crippen LogP contribution in [0.1, 0.15) is 26.3 Å². The lowest BCUT2D eigenvalue weighted by atomic mass is 10.0. The van der Waals surface area contributed by atoms with Gasteiger partial charge in [-0.2, -0.15) is 0 Å². The fourth-order valence-corrected chi connectivity index (χ4v) is 2.73. The van der Waals surface area contributed by atoms with Crippen LogP contribution in [-0.4, -0.2) is 46.9 Å². The molecule has 0 radical (unpaired) electrons. The lowest BCUT2D eigenvalue weighted by molar-refractivity contribution is -0.736. The zero-order valence-electron chi connectivity index (χ0n) is 16.7. The number of carbonyl (C=O) groups excluding carboxylic acids is 2. The quantitative estimate of drug-likeness (QED) is 0.401. The Balaban J connectivity index is 3.07. The molecule has 0 saturated carbocycles. The van der Waals surface area contributed by atoms with E-state index < -0.39 is 17.7 Å². The van der Waals surface area contributed by atoms with Crippen LogP contribution in [-0.2, 0) is 20.8 Å². The SMILES string of the molecule is C=CN=C(SC)C(=O)[C@H](Cc1ccc([N+](=O)OC)cc1)NC(=O)OC(C)(C)C. The van der Waals surface area contributed by atoms with Crippen molar-refractivity contribution < 1.29 is 24.1 Å². The highest BCUT2D eigenvalue weighted by atomic mass is 32.2. The molecular formula is C19H26N3O5S+. The number of rotatable bonds is 8. The first-order chi connectivity index (χ1) is 13.1. The molecule has 1 atom stereocenters. The lowest BCUT2D eigenvalue weighted by Crippen LogP contribution is -2.46. The van der Waals surface area contributed by atoms with Crippen LogP contribution >= 0.6 is 11.8 Å². The summed E-state index contributed by atoms with van der Waals surface area (Å²) in [5.74, 6) is -0.357. The van der Waals surface area contributed by atoms with E-state index in [4.69, 9.17) is 4.74 Å². The second kappa shape index (κ2) is 10.6. The van der Waals surface area contributed by atoms with Crippen LogP contribution in [0.25, 0.3) is 0 Å². The number of nitrogens with zero attached hydrogens (tertiary/aromatic N) is 2. The van der Waals surface area contributed by atoms with Crippen molar-refractivity contribution in [3.05, 3.63) is 47.5 Å². The molecule has 0 aliphatic rings.